The number of thiocarbonyl (C=S) groups is 1. The molecule has 0 aliphatic heterocycles. The van der Waals surface area contributed by atoms with Crippen LogP contribution in [0.3, 0.4) is 0 Å². The third-order valence-electron chi connectivity index (χ3n) is 2.52. The summed E-state index contributed by atoms with van der Waals surface area (Å²) in [5, 5.41) is 0. The van der Waals surface area contributed by atoms with Gasteiger partial charge >= 0.3 is 12.4 Å². The van der Waals surface area contributed by atoms with Gasteiger partial charge < -0.3 is 10.6 Å². The van der Waals surface area contributed by atoms with E-state index in [4.69, 9.17) is 5.73 Å². The van der Waals surface area contributed by atoms with Crippen molar-refractivity contribution in [3.8, 4) is 0 Å². The van der Waals surface area contributed by atoms with E-state index in [9.17, 15) is 26.3 Å². The Hall–Kier alpha value is -1.58. The fourth-order valence-corrected chi connectivity index (χ4v) is 1.65. The van der Waals surface area contributed by atoms with E-state index in [1.54, 1.807) is 0 Å². The molecule has 0 fully saturated rings. The van der Waals surface area contributed by atoms with Crippen molar-refractivity contribution in [2.45, 2.75) is 18.8 Å². The summed E-state index contributed by atoms with van der Waals surface area (Å²) in [7, 11) is 1.19. The normalized spacial score (nSPS) is 12.3. The Labute approximate surface area is 121 Å². The van der Waals surface area contributed by atoms with E-state index in [-0.39, 0.29) is 16.4 Å². The summed E-state index contributed by atoms with van der Waals surface area (Å²) in [6.45, 7) is -0.562. The maximum atomic E-state index is 12.6. The lowest BCUT2D eigenvalue weighted by Crippen LogP contribution is -2.28. The lowest BCUT2D eigenvalue weighted by atomic mass is 10.2. The van der Waals surface area contributed by atoms with Crippen molar-refractivity contribution in [2.75, 3.05) is 18.5 Å². The Morgan fingerprint density at radius 3 is 2.24 bits per heavy atom. The Kier molecular flexibility index (Phi) is 5.03. The second kappa shape index (κ2) is 6.04. The van der Waals surface area contributed by atoms with Gasteiger partial charge in [-0.3, -0.25) is 0 Å². The molecule has 0 bridgehead atoms. The molecule has 118 valence electrons. The minimum atomic E-state index is -4.71. The number of hydrogen-bond acceptors (Lipinski definition) is 3. The van der Waals surface area contributed by atoms with E-state index in [0.717, 1.165) is 11.0 Å². The lowest BCUT2D eigenvalue weighted by Gasteiger charge is -2.22. The third-order valence-corrected chi connectivity index (χ3v) is 2.74. The molecule has 0 aromatic carbocycles. The highest BCUT2D eigenvalue weighted by molar-refractivity contribution is 7.80. The van der Waals surface area contributed by atoms with Crippen LogP contribution in [0.15, 0.2) is 12.1 Å². The molecule has 0 unspecified atom stereocenters. The average Bonchev–Trinajstić information content (AvgIpc) is 2.33. The summed E-state index contributed by atoms with van der Waals surface area (Å²) in [6, 6.07) is 1.67. The molecule has 0 aliphatic carbocycles. The van der Waals surface area contributed by atoms with Crippen LogP contribution in [0.4, 0.5) is 32.2 Å². The van der Waals surface area contributed by atoms with E-state index in [1.807, 2.05) is 0 Å². The molecule has 1 rings (SSSR count). The van der Waals surface area contributed by atoms with Gasteiger partial charge in [0.1, 0.15) is 16.5 Å². The van der Waals surface area contributed by atoms with Crippen LogP contribution >= 0.6 is 12.2 Å². The quantitative estimate of drug-likeness (QED) is 0.680. The second-order valence-corrected chi connectivity index (χ2v) is 4.66. The molecule has 0 amide bonds. The van der Waals surface area contributed by atoms with Crippen molar-refractivity contribution < 1.29 is 26.3 Å². The number of aromatic nitrogens is 1. The Balaban J connectivity index is 3.14. The molecular weight excluding hydrogens is 320 g/mol. The maximum Gasteiger partial charge on any atom is 0.433 e. The van der Waals surface area contributed by atoms with E-state index >= 15 is 0 Å². The molecule has 10 heteroatoms. The van der Waals surface area contributed by atoms with Crippen LogP contribution in [0, 0.1) is 0 Å². The molecule has 0 aliphatic rings. The van der Waals surface area contributed by atoms with E-state index in [2.05, 4.69) is 17.2 Å². The zero-order valence-corrected chi connectivity index (χ0v) is 11.5. The van der Waals surface area contributed by atoms with Gasteiger partial charge in [-0.25, -0.2) is 4.98 Å². The molecule has 21 heavy (non-hydrogen) atoms. The molecule has 3 nitrogen and oxygen atoms in total. The van der Waals surface area contributed by atoms with Gasteiger partial charge in [0, 0.05) is 13.6 Å². The minimum Gasteiger partial charge on any atom is -0.389 e. The molecule has 0 atom stereocenters. The van der Waals surface area contributed by atoms with Crippen molar-refractivity contribution in [3.63, 3.8) is 0 Å². The van der Waals surface area contributed by atoms with Gasteiger partial charge in [0.15, 0.2) is 0 Å². The predicted molar refractivity (Wildman–Crippen MR) is 69.1 cm³/mol. The number of hydrogen-bond donors (Lipinski definition) is 1. The molecule has 0 radical (unpaired) electrons. The maximum absolute atomic E-state index is 12.6. The second-order valence-electron chi connectivity index (χ2n) is 4.22. The summed E-state index contributed by atoms with van der Waals surface area (Å²) in [5.41, 5.74) is 4.12. The average molecular weight is 331 g/mol. The van der Waals surface area contributed by atoms with Gasteiger partial charge in [-0.15, -0.1) is 0 Å². The largest absolute Gasteiger partial charge is 0.433 e. The van der Waals surface area contributed by atoms with Gasteiger partial charge in [-0.1, -0.05) is 12.2 Å². The summed E-state index contributed by atoms with van der Waals surface area (Å²) >= 11 is 4.67. The number of nitrogens with two attached hydrogens (primary N) is 1. The first-order valence-corrected chi connectivity index (χ1v) is 5.98. The first-order chi connectivity index (χ1) is 9.42. The lowest BCUT2D eigenvalue weighted by molar-refractivity contribution is -0.141. The summed E-state index contributed by atoms with van der Waals surface area (Å²) in [4.78, 5) is 4.03. The van der Waals surface area contributed by atoms with Crippen LogP contribution < -0.4 is 10.6 Å². The van der Waals surface area contributed by atoms with Crippen molar-refractivity contribution in [2.24, 2.45) is 5.73 Å². The van der Waals surface area contributed by atoms with Crippen LogP contribution in [0.5, 0.6) is 0 Å². The van der Waals surface area contributed by atoms with Crippen molar-refractivity contribution in [1.29, 1.82) is 0 Å². The van der Waals surface area contributed by atoms with Crippen LogP contribution in [0.25, 0.3) is 0 Å². The highest BCUT2D eigenvalue weighted by atomic mass is 32.1. The summed E-state index contributed by atoms with van der Waals surface area (Å²) in [5.74, 6) is -0.332. The number of nitrogens with zero attached hydrogens (tertiary/aromatic N) is 2. The van der Waals surface area contributed by atoms with Gasteiger partial charge in [-0.05, 0) is 12.1 Å². The number of pyridine rings is 1. The van der Waals surface area contributed by atoms with Crippen LogP contribution in [-0.2, 0) is 6.18 Å². The number of alkyl halides is 6. The zero-order valence-electron chi connectivity index (χ0n) is 10.7. The highest BCUT2D eigenvalue weighted by Crippen LogP contribution is 2.31. The molecule has 1 aromatic heterocycles. The van der Waals surface area contributed by atoms with Crippen LogP contribution in [-0.4, -0.2) is 29.7 Å². The van der Waals surface area contributed by atoms with Crippen LogP contribution in [0.1, 0.15) is 17.7 Å². The van der Waals surface area contributed by atoms with Gasteiger partial charge in [0.25, 0.3) is 0 Å². The third kappa shape index (κ3) is 5.03. The van der Waals surface area contributed by atoms with Crippen molar-refractivity contribution >= 4 is 23.0 Å². The SMILES string of the molecule is CN(CCC(F)(F)F)c1nc(C(F)(F)F)ccc1C(N)=S. The number of anilines is 1. The molecular formula is C11H11F6N3S. The smallest absolute Gasteiger partial charge is 0.389 e. The number of halogens is 6. The molecule has 0 saturated carbocycles. The standard InChI is InChI=1S/C11H11F6N3S/c1-20(5-4-10(12,13)14)9-6(8(18)21)2-3-7(19-9)11(15,16)17/h2-3H,4-5H2,1H3,(H2,18,21). The minimum absolute atomic E-state index is 0.0114. The highest BCUT2D eigenvalue weighted by Gasteiger charge is 2.34. The molecule has 1 heterocycles. The van der Waals surface area contributed by atoms with Gasteiger partial charge in [-0.2, -0.15) is 26.3 Å². The van der Waals surface area contributed by atoms with Gasteiger partial charge in [0.2, 0.25) is 0 Å². The first kappa shape index (κ1) is 17.5. The summed E-state index contributed by atoms with van der Waals surface area (Å²) in [6.07, 6.45) is -10.3. The monoisotopic (exact) mass is 331 g/mol. The fourth-order valence-electron chi connectivity index (χ4n) is 1.49. The van der Waals surface area contributed by atoms with E-state index < -0.39 is 31.0 Å². The topological polar surface area (TPSA) is 42.2 Å². The summed E-state index contributed by atoms with van der Waals surface area (Å²) < 4.78 is 74.4. The van der Waals surface area contributed by atoms with Crippen molar-refractivity contribution in [1.82, 2.24) is 4.98 Å². The van der Waals surface area contributed by atoms with Crippen LogP contribution in [0.2, 0.25) is 0 Å². The predicted octanol–water partition coefficient (Wildman–Crippen LogP) is 3.12. The Morgan fingerprint density at radius 2 is 1.81 bits per heavy atom. The number of rotatable bonds is 4. The molecule has 1 aromatic rings. The fraction of sp³-hybridized carbons (Fsp3) is 0.455. The van der Waals surface area contributed by atoms with E-state index in [1.165, 1.54) is 7.05 Å². The van der Waals surface area contributed by atoms with Gasteiger partial charge in [0.05, 0.1) is 12.0 Å². The zero-order chi connectivity index (χ0) is 16.4. The molecule has 2 N–H and O–H groups in total. The Bertz CT molecular complexity index is 526. The van der Waals surface area contributed by atoms with E-state index in [0.29, 0.717) is 6.07 Å². The van der Waals surface area contributed by atoms with Crippen molar-refractivity contribution in [3.05, 3.63) is 23.4 Å². The molecule has 0 saturated heterocycles. The molecule has 0 spiro atoms. The first-order valence-electron chi connectivity index (χ1n) is 5.58. The Morgan fingerprint density at radius 1 is 1.24 bits per heavy atom.